The molecule has 0 saturated heterocycles. The summed E-state index contributed by atoms with van der Waals surface area (Å²) in [4.78, 5) is 0. The first-order valence-corrected chi connectivity index (χ1v) is 8.19. The Bertz CT molecular complexity index is 494. The van der Waals surface area contributed by atoms with E-state index in [0.29, 0.717) is 12.6 Å². The van der Waals surface area contributed by atoms with Crippen LogP contribution in [0.2, 0.25) is 0 Å². The van der Waals surface area contributed by atoms with Gasteiger partial charge in [0.25, 0.3) is 0 Å². The number of hydrogen-bond donors (Lipinski definition) is 2. The van der Waals surface area contributed by atoms with Gasteiger partial charge in [0, 0.05) is 19.1 Å². The molecular weight excluding hydrogens is 262 g/mol. The van der Waals surface area contributed by atoms with Crippen molar-refractivity contribution in [2.24, 2.45) is 5.73 Å². The number of aliphatic hydroxyl groups is 1. The van der Waals surface area contributed by atoms with Crippen molar-refractivity contribution in [1.29, 1.82) is 0 Å². The quantitative estimate of drug-likeness (QED) is 0.899. The first kappa shape index (κ1) is 15.0. The van der Waals surface area contributed by atoms with Crippen molar-refractivity contribution >= 4 is 0 Å². The molecule has 1 saturated carbocycles. The Hall–Kier alpha value is -0.900. The fourth-order valence-corrected chi connectivity index (χ4v) is 4.59. The normalized spacial score (nSPS) is 36.2. The SMILES string of the molecule is COC1CCC(O)(C2(CN)CCCc3ccccc32)CC1. The second kappa shape index (κ2) is 5.71. The van der Waals surface area contributed by atoms with E-state index in [9.17, 15) is 5.11 Å². The van der Waals surface area contributed by atoms with Crippen LogP contribution in [0.4, 0.5) is 0 Å². The molecule has 1 unspecified atom stereocenters. The fourth-order valence-electron chi connectivity index (χ4n) is 4.59. The zero-order valence-corrected chi connectivity index (χ0v) is 13.0. The molecule has 2 aliphatic rings. The largest absolute Gasteiger partial charge is 0.389 e. The highest BCUT2D eigenvalue weighted by Crippen LogP contribution is 2.50. The molecule has 0 heterocycles. The Morgan fingerprint density at radius 1 is 1.24 bits per heavy atom. The van der Waals surface area contributed by atoms with Gasteiger partial charge in [0.2, 0.25) is 0 Å². The van der Waals surface area contributed by atoms with E-state index in [1.165, 1.54) is 11.1 Å². The summed E-state index contributed by atoms with van der Waals surface area (Å²) in [5, 5.41) is 11.5. The van der Waals surface area contributed by atoms with Gasteiger partial charge in [-0.05, 0) is 56.1 Å². The van der Waals surface area contributed by atoms with Crippen LogP contribution in [0.25, 0.3) is 0 Å². The predicted molar refractivity (Wildman–Crippen MR) is 84.3 cm³/mol. The molecule has 1 fully saturated rings. The Kier molecular flexibility index (Phi) is 4.08. The van der Waals surface area contributed by atoms with Crippen molar-refractivity contribution < 1.29 is 9.84 Å². The Balaban J connectivity index is 1.98. The zero-order chi connectivity index (χ0) is 14.9. The van der Waals surface area contributed by atoms with Crippen molar-refractivity contribution in [3.05, 3.63) is 35.4 Å². The minimum absolute atomic E-state index is 0.277. The molecule has 3 nitrogen and oxygen atoms in total. The van der Waals surface area contributed by atoms with Crippen LogP contribution in [-0.2, 0) is 16.6 Å². The first-order valence-electron chi connectivity index (χ1n) is 8.19. The summed E-state index contributed by atoms with van der Waals surface area (Å²) in [6.07, 6.45) is 6.94. The van der Waals surface area contributed by atoms with E-state index < -0.39 is 5.60 Å². The Morgan fingerprint density at radius 3 is 2.62 bits per heavy atom. The lowest BCUT2D eigenvalue weighted by atomic mass is 9.56. The van der Waals surface area contributed by atoms with E-state index in [1.807, 2.05) is 0 Å². The van der Waals surface area contributed by atoms with Crippen molar-refractivity contribution in [3.63, 3.8) is 0 Å². The molecule has 1 aromatic rings. The maximum Gasteiger partial charge on any atom is 0.0758 e. The molecule has 3 N–H and O–H groups in total. The van der Waals surface area contributed by atoms with Crippen molar-refractivity contribution in [3.8, 4) is 0 Å². The summed E-state index contributed by atoms with van der Waals surface area (Å²) in [6, 6.07) is 8.56. The second-order valence-electron chi connectivity index (χ2n) is 6.76. The van der Waals surface area contributed by atoms with Crippen LogP contribution >= 0.6 is 0 Å². The number of methoxy groups -OCH3 is 1. The van der Waals surface area contributed by atoms with Crippen LogP contribution in [0.1, 0.15) is 49.7 Å². The molecule has 0 bridgehead atoms. The molecule has 21 heavy (non-hydrogen) atoms. The molecule has 0 amide bonds. The van der Waals surface area contributed by atoms with Crippen molar-refractivity contribution in [2.45, 2.75) is 62.1 Å². The lowest BCUT2D eigenvalue weighted by Gasteiger charge is -2.52. The Labute approximate surface area is 127 Å². The molecule has 0 aliphatic heterocycles. The summed E-state index contributed by atoms with van der Waals surface area (Å²) >= 11 is 0. The van der Waals surface area contributed by atoms with E-state index >= 15 is 0 Å². The molecule has 2 aliphatic carbocycles. The van der Waals surface area contributed by atoms with E-state index in [4.69, 9.17) is 10.5 Å². The second-order valence-corrected chi connectivity index (χ2v) is 6.76. The van der Waals surface area contributed by atoms with Gasteiger partial charge in [0.15, 0.2) is 0 Å². The molecule has 3 rings (SSSR count). The minimum atomic E-state index is -0.687. The van der Waals surface area contributed by atoms with Gasteiger partial charge in [-0.1, -0.05) is 24.3 Å². The van der Waals surface area contributed by atoms with Crippen LogP contribution in [0.15, 0.2) is 24.3 Å². The van der Waals surface area contributed by atoms with Gasteiger partial charge in [0.1, 0.15) is 0 Å². The number of nitrogens with two attached hydrogens (primary N) is 1. The summed E-state index contributed by atoms with van der Waals surface area (Å²) in [6.45, 7) is 0.526. The van der Waals surface area contributed by atoms with E-state index in [-0.39, 0.29) is 5.41 Å². The van der Waals surface area contributed by atoms with Gasteiger partial charge in [-0.2, -0.15) is 0 Å². The van der Waals surface area contributed by atoms with Crippen LogP contribution in [-0.4, -0.2) is 30.5 Å². The number of rotatable bonds is 3. The third-order valence-electron chi connectivity index (χ3n) is 5.91. The molecule has 0 radical (unpaired) electrons. The molecule has 0 spiro atoms. The predicted octanol–water partition coefficient (Wildman–Crippen LogP) is 2.54. The average molecular weight is 289 g/mol. The van der Waals surface area contributed by atoms with Gasteiger partial charge >= 0.3 is 0 Å². The van der Waals surface area contributed by atoms with Crippen LogP contribution in [0.3, 0.4) is 0 Å². The van der Waals surface area contributed by atoms with Crippen LogP contribution in [0.5, 0.6) is 0 Å². The highest BCUT2D eigenvalue weighted by atomic mass is 16.5. The number of hydrogen-bond acceptors (Lipinski definition) is 3. The highest BCUT2D eigenvalue weighted by molar-refractivity contribution is 5.40. The van der Waals surface area contributed by atoms with Crippen LogP contribution in [0, 0.1) is 0 Å². The molecule has 1 aromatic carbocycles. The van der Waals surface area contributed by atoms with Gasteiger partial charge in [-0.25, -0.2) is 0 Å². The number of fused-ring (bicyclic) bond motifs is 1. The smallest absolute Gasteiger partial charge is 0.0758 e. The third-order valence-corrected chi connectivity index (χ3v) is 5.91. The summed E-state index contributed by atoms with van der Waals surface area (Å²) < 4.78 is 5.47. The first-order chi connectivity index (χ1) is 10.1. The number of ether oxygens (including phenoxy) is 1. The van der Waals surface area contributed by atoms with Gasteiger partial charge in [-0.15, -0.1) is 0 Å². The summed E-state index contributed by atoms with van der Waals surface area (Å²) in [5.74, 6) is 0. The summed E-state index contributed by atoms with van der Waals surface area (Å²) in [5.41, 5.74) is 7.94. The number of aryl methyl sites for hydroxylation is 1. The van der Waals surface area contributed by atoms with Gasteiger partial charge in [0.05, 0.1) is 11.7 Å². The average Bonchev–Trinajstić information content (AvgIpc) is 2.55. The summed E-state index contributed by atoms with van der Waals surface area (Å²) in [7, 11) is 1.77. The van der Waals surface area contributed by atoms with Gasteiger partial charge < -0.3 is 15.6 Å². The van der Waals surface area contributed by atoms with Gasteiger partial charge in [-0.3, -0.25) is 0 Å². The molecule has 3 heteroatoms. The highest BCUT2D eigenvalue weighted by Gasteiger charge is 2.53. The van der Waals surface area contributed by atoms with Crippen molar-refractivity contribution in [1.82, 2.24) is 0 Å². The monoisotopic (exact) mass is 289 g/mol. The van der Waals surface area contributed by atoms with E-state index in [1.54, 1.807) is 7.11 Å². The lowest BCUT2D eigenvalue weighted by Crippen LogP contribution is -2.59. The third kappa shape index (κ3) is 2.32. The van der Waals surface area contributed by atoms with Crippen molar-refractivity contribution in [2.75, 3.05) is 13.7 Å². The maximum atomic E-state index is 11.5. The molecule has 0 aromatic heterocycles. The number of benzene rings is 1. The van der Waals surface area contributed by atoms with Crippen LogP contribution < -0.4 is 5.73 Å². The lowest BCUT2D eigenvalue weighted by molar-refractivity contribution is -0.0983. The standard InChI is InChI=1S/C18H27NO2/c1-21-15-8-11-18(20,12-9-15)17(13-19)10-4-6-14-5-2-3-7-16(14)17/h2-3,5,7,15,20H,4,6,8-13,19H2,1H3. The topological polar surface area (TPSA) is 55.5 Å². The Morgan fingerprint density at radius 2 is 1.95 bits per heavy atom. The minimum Gasteiger partial charge on any atom is -0.389 e. The molecular formula is C18H27NO2. The maximum absolute atomic E-state index is 11.5. The molecule has 116 valence electrons. The fraction of sp³-hybridized carbons (Fsp3) is 0.667. The van der Waals surface area contributed by atoms with E-state index in [2.05, 4.69) is 24.3 Å². The van der Waals surface area contributed by atoms with E-state index in [0.717, 1.165) is 44.9 Å². The zero-order valence-electron chi connectivity index (χ0n) is 13.0. The molecule has 1 atom stereocenters.